The third-order valence-corrected chi connectivity index (χ3v) is 4.39. The molecular formula is C21H19Cl2N3O3. The molecule has 0 saturated heterocycles. The lowest BCUT2D eigenvalue weighted by atomic mass is 10.1. The summed E-state index contributed by atoms with van der Waals surface area (Å²) >= 11 is 12.0. The van der Waals surface area contributed by atoms with Gasteiger partial charge in [0.25, 0.3) is 5.91 Å². The first kappa shape index (κ1) is 20.9. The second kappa shape index (κ2) is 10.1. The number of ether oxygens (including phenoxy) is 1. The van der Waals surface area contributed by atoms with E-state index in [9.17, 15) is 4.79 Å². The molecule has 1 aromatic carbocycles. The Morgan fingerprint density at radius 2 is 2.00 bits per heavy atom. The van der Waals surface area contributed by atoms with E-state index in [0.717, 1.165) is 12.8 Å². The fraction of sp³-hybridized carbons (Fsp3) is 0.190. The van der Waals surface area contributed by atoms with E-state index in [-0.39, 0.29) is 11.8 Å². The maximum Gasteiger partial charge on any atom is 0.252 e. The molecule has 0 radical (unpaired) electrons. The molecule has 0 aliphatic carbocycles. The number of rotatable bonds is 8. The number of carbonyl (C=O) groups is 1. The van der Waals surface area contributed by atoms with Crippen LogP contribution in [0.2, 0.25) is 10.0 Å². The molecule has 3 rings (SSSR count). The van der Waals surface area contributed by atoms with Crippen molar-refractivity contribution < 1.29 is 14.4 Å². The summed E-state index contributed by atoms with van der Waals surface area (Å²) in [6.07, 6.45) is 5.25. The Labute approximate surface area is 178 Å². The molecule has 3 aromatic rings. The topological polar surface area (TPSA) is 73.3 Å². The van der Waals surface area contributed by atoms with E-state index < -0.39 is 0 Å². The smallest absolute Gasteiger partial charge is 0.252 e. The van der Waals surface area contributed by atoms with Gasteiger partial charge in [-0.25, -0.2) is 4.98 Å². The first-order valence-corrected chi connectivity index (χ1v) is 9.82. The highest BCUT2D eigenvalue weighted by Gasteiger charge is 2.13. The van der Waals surface area contributed by atoms with Gasteiger partial charge in [-0.1, -0.05) is 42.6 Å². The number of pyridine rings is 2. The number of unbranched alkanes of at least 4 members (excludes halogenated alkanes) is 1. The molecule has 0 aliphatic heterocycles. The van der Waals surface area contributed by atoms with Gasteiger partial charge in [0.1, 0.15) is 10.8 Å². The van der Waals surface area contributed by atoms with Crippen molar-refractivity contribution in [3.63, 3.8) is 0 Å². The molecule has 8 heteroatoms. The first-order chi connectivity index (χ1) is 14.1. The molecule has 2 heterocycles. The summed E-state index contributed by atoms with van der Waals surface area (Å²) in [4.78, 5) is 25.9. The van der Waals surface area contributed by atoms with Crippen molar-refractivity contribution in [2.75, 3.05) is 0 Å². The van der Waals surface area contributed by atoms with Crippen LogP contribution in [-0.2, 0) is 4.79 Å². The Bertz CT molecular complexity index is 984. The molecule has 1 N–H and O–H groups in total. The van der Waals surface area contributed by atoms with Gasteiger partial charge in [-0.2, -0.15) is 5.48 Å². The zero-order chi connectivity index (χ0) is 20.6. The molecule has 2 aromatic heterocycles. The molecule has 0 bridgehead atoms. The Morgan fingerprint density at radius 1 is 1.14 bits per heavy atom. The van der Waals surface area contributed by atoms with Gasteiger partial charge in [0.05, 0.1) is 10.7 Å². The zero-order valence-corrected chi connectivity index (χ0v) is 17.2. The Morgan fingerprint density at radius 3 is 2.72 bits per heavy atom. The van der Waals surface area contributed by atoms with Crippen LogP contribution in [0.3, 0.4) is 0 Å². The summed E-state index contributed by atoms with van der Waals surface area (Å²) in [6, 6.07) is 12.2. The number of carbonyl (C=O) groups excluding carboxylic acids is 1. The first-order valence-electron chi connectivity index (χ1n) is 9.07. The van der Waals surface area contributed by atoms with Crippen LogP contribution in [0, 0.1) is 0 Å². The van der Waals surface area contributed by atoms with Crippen molar-refractivity contribution in [3.8, 4) is 28.6 Å². The number of halogens is 2. The van der Waals surface area contributed by atoms with E-state index >= 15 is 0 Å². The number of hydrogen-bond acceptors (Lipinski definition) is 5. The fourth-order valence-electron chi connectivity index (χ4n) is 2.47. The SMILES string of the molecule is CCCCC(=O)NOc1ccc(Oc2ncc(Cl)cc2Cl)cc1-c1ccccn1. The summed E-state index contributed by atoms with van der Waals surface area (Å²) in [5.74, 6) is 0.962. The highest BCUT2D eigenvalue weighted by Crippen LogP contribution is 2.35. The summed E-state index contributed by atoms with van der Waals surface area (Å²) in [5.41, 5.74) is 3.77. The molecule has 0 spiro atoms. The zero-order valence-electron chi connectivity index (χ0n) is 15.7. The van der Waals surface area contributed by atoms with E-state index in [2.05, 4.69) is 15.4 Å². The van der Waals surface area contributed by atoms with Crippen LogP contribution in [-0.4, -0.2) is 15.9 Å². The average Bonchev–Trinajstić information content (AvgIpc) is 2.74. The molecule has 1 amide bonds. The van der Waals surface area contributed by atoms with Crippen molar-refractivity contribution in [1.29, 1.82) is 0 Å². The van der Waals surface area contributed by atoms with Crippen LogP contribution < -0.4 is 15.1 Å². The second-order valence-electron chi connectivity index (χ2n) is 6.15. The number of amides is 1. The van der Waals surface area contributed by atoms with Gasteiger partial charge in [-0.3, -0.25) is 9.78 Å². The summed E-state index contributed by atoms with van der Waals surface area (Å²) in [6.45, 7) is 2.02. The molecule has 29 heavy (non-hydrogen) atoms. The van der Waals surface area contributed by atoms with Crippen LogP contribution in [0.15, 0.2) is 54.9 Å². The quantitative estimate of drug-likeness (QED) is 0.453. The molecular weight excluding hydrogens is 413 g/mol. The Balaban J connectivity index is 1.86. The van der Waals surface area contributed by atoms with Crippen molar-refractivity contribution in [3.05, 3.63) is 64.9 Å². The maximum absolute atomic E-state index is 11.9. The van der Waals surface area contributed by atoms with Crippen LogP contribution in [0.4, 0.5) is 0 Å². The number of nitrogens with one attached hydrogen (secondary N) is 1. The minimum absolute atomic E-state index is 0.184. The monoisotopic (exact) mass is 431 g/mol. The Hall–Kier alpha value is -2.83. The predicted octanol–water partition coefficient (Wildman–Crippen LogP) is 5.84. The third-order valence-electron chi connectivity index (χ3n) is 3.91. The van der Waals surface area contributed by atoms with Crippen molar-refractivity contribution in [2.45, 2.75) is 26.2 Å². The molecule has 0 unspecified atom stereocenters. The van der Waals surface area contributed by atoms with Gasteiger partial charge in [0.15, 0.2) is 5.75 Å². The molecule has 0 atom stereocenters. The van der Waals surface area contributed by atoms with Crippen LogP contribution in [0.5, 0.6) is 17.4 Å². The minimum atomic E-state index is -0.184. The maximum atomic E-state index is 11.9. The number of hydroxylamine groups is 1. The molecule has 150 valence electrons. The van der Waals surface area contributed by atoms with Crippen LogP contribution in [0.25, 0.3) is 11.3 Å². The molecule has 0 saturated carbocycles. The largest absolute Gasteiger partial charge is 0.438 e. The number of benzene rings is 1. The lowest BCUT2D eigenvalue weighted by Crippen LogP contribution is -2.26. The van der Waals surface area contributed by atoms with E-state index in [1.165, 1.54) is 6.20 Å². The summed E-state index contributed by atoms with van der Waals surface area (Å²) < 4.78 is 5.79. The fourth-order valence-corrected chi connectivity index (χ4v) is 2.89. The average molecular weight is 432 g/mol. The normalized spacial score (nSPS) is 10.4. The van der Waals surface area contributed by atoms with E-state index in [1.807, 2.05) is 25.1 Å². The van der Waals surface area contributed by atoms with Crippen LogP contribution in [0.1, 0.15) is 26.2 Å². The lowest BCUT2D eigenvalue weighted by Gasteiger charge is -2.13. The van der Waals surface area contributed by atoms with Gasteiger partial charge in [0.2, 0.25) is 5.88 Å². The summed E-state index contributed by atoms with van der Waals surface area (Å²) in [5, 5.41) is 0.708. The standard InChI is InChI=1S/C21H19Cl2N3O3/c1-2-3-7-20(27)26-29-19-9-8-15(12-16(19)18-6-4-5-10-24-18)28-21-17(23)11-14(22)13-25-21/h4-6,8-13H,2-3,7H2,1H3,(H,26,27). The number of hydrogen-bond donors (Lipinski definition) is 1. The van der Waals surface area contributed by atoms with Crippen molar-refractivity contribution in [2.24, 2.45) is 0 Å². The second-order valence-corrected chi connectivity index (χ2v) is 6.99. The predicted molar refractivity (Wildman–Crippen MR) is 112 cm³/mol. The highest BCUT2D eigenvalue weighted by molar-refractivity contribution is 6.35. The van der Waals surface area contributed by atoms with Gasteiger partial charge in [0, 0.05) is 24.4 Å². The van der Waals surface area contributed by atoms with Gasteiger partial charge < -0.3 is 9.57 Å². The minimum Gasteiger partial charge on any atom is -0.438 e. The Kier molecular flexibility index (Phi) is 7.27. The van der Waals surface area contributed by atoms with E-state index in [1.54, 1.807) is 30.5 Å². The van der Waals surface area contributed by atoms with Gasteiger partial charge in [-0.15, -0.1) is 0 Å². The molecule has 0 fully saturated rings. The number of aromatic nitrogens is 2. The third kappa shape index (κ3) is 5.82. The summed E-state index contributed by atoms with van der Waals surface area (Å²) in [7, 11) is 0. The molecule has 6 nitrogen and oxygen atoms in total. The van der Waals surface area contributed by atoms with E-state index in [0.29, 0.717) is 39.2 Å². The number of nitrogens with zero attached hydrogens (tertiary/aromatic N) is 2. The van der Waals surface area contributed by atoms with Gasteiger partial charge in [-0.05, 0) is 42.8 Å². The lowest BCUT2D eigenvalue weighted by molar-refractivity contribution is -0.127. The van der Waals surface area contributed by atoms with Crippen molar-refractivity contribution in [1.82, 2.24) is 15.4 Å². The molecule has 0 aliphatic rings. The van der Waals surface area contributed by atoms with Crippen LogP contribution >= 0.6 is 23.2 Å². The van der Waals surface area contributed by atoms with Gasteiger partial charge >= 0.3 is 0 Å². The van der Waals surface area contributed by atoms with Crippen molar-refractivity contribution >= 4 is 29.1 Å². The van der Waals surface area contributed by atoms with E-state index in [4.69, 9.17) is 32.8 Å². The highest BCUT2D eigenvalue weighted by atomic mass is 35.5.